The molecule has 0 unspecified atom stereocenters. The summed E-state index contributed by atoms with van der Waals surface area (Å²) >= 11 is 1.57. The van der Waals surface area contributed by atoms with Crippen LogP contribution < -0.4 is 0 Å². The van der Waals surface area contributed by atoms with Crippen molar-refractivity contribution in [2.75, 3.05) is 0 Å². The van der Waals surface area contributed by atoms with Crippen LogP contribution in [0.4, 0.5) is 0 Å². The molecule has 0 aliphatic heterocycles. The Labute approximate surface area is 101 Å². The lowest BCUT2D eigenvalue weighted by Crippen LogP contribution is -1.94. The molecule has 0 atom stereocenters. The molecule has 3 aromatic rings. The molecule has 5 heteroatoms. The Morgan fingerprint density at radius 3 is 2.71 bits per heavy atom. The zero-order chi connectivity index (χ0) is 11.8. The molecular weight excluding hydrogens is 236 g/mol. The number of thiazole rings is 1. The molecule has 0 aliphatic carbocycles. The first-order valence-corrected chi connectivity index (χ1v) is 5.88. The topological polar surface area (TPSA) is 54.6 Å². The van der Waals surface area contributed by atoms with Crippen molar-refractivity contribution in [3.8, 4) is 11.3 Å². The van der Waals surface area contributed by atoms with Gasteiger partial charge in [0, 0.05) is 23.3 Å². The van der Waals surface area contributed by atoms with Gasteiger partial charge in [-0.1, -0.05) is 12.1 Å². The second-order valence-electron chi connectivity index (χ2n) is 3.60. The third-order valence-corrected chi connectivity index (χ3v) is 3.29. The lowest BCUT2D eigenvalue weighted by Gasteiger charge is -1.97. The van der Waals surface area contributed by atoms with Crippen molar-refractivity contribution in [1.29, 1.82) is 0 Å². The SMILES string of the molecule is O=C(O)c1ccc(-c2cn3ccsc3n2)cc1. The van der Waals surface area contributed by atoms with Gasteiger partial charge in [-0.2, -0.15) is 0 Å². The summed E-state index contributed by atoms with van der Waals surface area (Å²) in [5.74, 6) is -0.914. The summed E-state index contributed by atoms with van der Waals surface area (Å²) in [6, 6.07) is 6.72. The Balaban J connectivity index is 2.03. The van der Waals surface area contributed by atoms with Crippen molar-refractivity contribution in [1.82, 2.24) is 9.38 Å². The van der Waals surface area contributed by atoms with Gasteiger partial charge in [0.25, 0.3) is 0 Å². The molecule has 0 bridgehead atoms. The molecule has 0 amide bonds. The van der Waals surface area contributed by atoms with Crippen LogP contribution in [0.25, 0.3) is 16.2 Å². The fraction of sp³-hybridized carbons (Fsp3) is 0. The lowest BCUT2D eigenvalue weighted by molar-refractivity contribution is 0.0697. The van der Waals surface area contributed by atoms with E-state index in [1.165, 1.54) is 0 Å². The van der Waals surface area contributed by atoms with E-state index in [0.717, 1.165) is 16.2 Å². The molecule has 1 N–H and O–H groups in total. The molecule has 17 heavy (non-hydrogen) atoms. The number of carboxylic acids is 1. The number of aromatic nitrogens is 2. The second kappa shape index (κ2) is 3.71. The summed E-state index contributed by atoms with van der Waals surface area (Å²) in [4.78, 5) is 16.1. The minimum Gasteiger partial charge on any atom is -0.478 e. The summed E-state index contributed by atoms with van der Waals surface area (Å²) in [6.07, 6.45) is 3.88. The molecule has 0 saturated heterocycles. The maximum absolute atomic E-state index is 10.7. The molecule has 0 saturated carbocycles. The molecule has 84 valence electrons. The standard InChI is InChI=1S/C12H8N2O2S/c15-11(16)9-3-1-8(2-4-9)10-7-14-5-6-17-12(14)13-10/h1-7H,(H,15,16). The largest absolute Gasteiger partial charge is 0.478 e. The van der Waals surface area contributed by atoms with E-state index in [9.17, 15) is 4.79 Å². The van der Waals surface area contributed by atoms with Crippen LogP contribution in [-0.4, -0.2) is 20.5 Å². The number of hydrogen-bond donors (Lipinski definition) is 1. The quantitative estimate of drug-likeness (QED) is 0.754. The van der Waals surface area contributed by atoms with Crippen LogP contribution in [0.1, 0.15) is 10.4 Å². The van der Waals surface area contributed by atoms with Gasteiger partial charge >= 0.3 is 5.97 Å². The first kappa shape index (κ1) is 10.0. The highest BCUT2D eigenvalue weighted by atomic mass is 32.1. The zero-order valence-electron chi connectivity index (χ0n) is 8.70. The van der Waals surface area contributed by atoms with Crippen molar-refractivity contribution >= 4 is 22.3 Å². The first-order valence-electron chi connectivity index (χ1n) is 5.00. The van der Waals surface area contributed by atoms with Crippen molar-refractivity contribution < 1.29 is 9.90 Å². The van der Waals surface area contributed by atoms with Gasteiger partial charge < -0.3 is 5.11 Å². The zero-order valence-corrected chi connectivity index (χ0v) is 9.52. The fourth-order valence-electron chi connectivity index (χ4n) is 1.65. The number of carbonyl (C=O) groups is 1. The Morgan fingerprint density at radius 1 is 1.29 bits per heavy atom. The predicted octanol–water partition coefficient (Wildman–Crippen LogP) is 2.76. The highest BCUT2D eigenvalue weighted by molar-refractivity contribution is 7.15. The van der Waals surface area contributed by atoms with Crippen molar-refractivity contribution in [3.63, 3.8) is 0 Å². The van der Waals surface area contributed by atoms with Crippen LogP contribution >= 0.6 is 11.3 Å². The summed E-state index contributed by atoms with van der Waals surface area (Å²) in [5.41, 5.74) is 2.06. The summed E-state index contributed by atoms with van der Waals surface area (Å²) in [6.45, 7) is 0. The van der Waals surface area contributed by atoms with Gasteiger partial charge in [-0.25, -0.2) is 9.78 Å². The van der Waals surface area contributed by atoms with Gasteiger partial charge in [0.1, 0.15) is 0 Å². The summed E-state index contributed by atoms with van der Waals surface area (Å²) < 4.78 is 1.95. The van der Waals surface area contributed by atoms with E-state index in [4.69, 9.17) is 5.11 Å². The molecule has 4 nitrogen and oxygen atoms in total. The third kappa shape index (κ3) is 1.70. The predicted molar refractivity (Wildman–Crippen MR) is 65.5 cm³/mol. The molecule has 0 fully saturated rings. The van der Waals surface area contributed by atoms with Crippen LogP contribution in [-0.2, 0) is 0 Å². The van der Waals surface area contributed by atoms with Gasteiger partial charge in [-0.15, -0.1) is 11.3 Å². The molecule has 0 radical (unpaired) electrons. The van der Waals surface area contributed by atoms with Gasteiger partial charge in [0.05, 0.1) is 11.3 Å². The minimum absolute atomic E-state index is 0.287. The number of hydrogen-bond acceptors (Lipinski definition) is 3. The molecule has 0 spiro atoms. The fourth-order valence-corrected chi connectivity index (χ4v) is 2.35. The smallest absolute Gasteiger partial charge is 0.335 e. The van der Waals surface area contributed by atoms with Crippen LogP contribution in [0.3, 0.4) is 0 Å². The maximum Gasteiger partial charge on any atom is 0.335 e. The van der Waals surface area contributed by atoms with E-state index in [2.05, 4.69) is 4.98 Å². The monoisotopic (exact) mass is 244 g/mol. The van der Waals surface area contributed by atoms with Crippen LogP contribution in [0.2, 0.25) is 0 Å². The number of carboxylic acid groups (broad SMARTS) is 1. The molecular formula is C12H8N2O2S. The number of nitrogens with zero attached hydrogens (tertiary/aromatic N) is 2. The van der Waals surface area contributed by atoms with E-state index < -0.39 is 5.97 Å². The van der Waals surface area contributed by atoms with Crippen molar-refractivity contribution in [2.45, 2.75) is 0 Å². The van der Waals surface area contributed by atoms with Gasteiger partial charge in [-0.05, 0) is 12.1 Å². The molecule has 2 heterocycles. The van der Waals surface area contributed by atoms with Crippen LogP contribution in [0, 0.1) is 0 Å². The first-order chi connectivity index (χ1) is 8.24. The van der Waals surface area contributed by atoms with Gasteiger partial charge in [-0.3, -0.25) is 4.40 Å². The van der Waals surface area contributed by atoms with Crippen LogP contribution in [0.5, 0.6) is 0 Å². The van der Waals surface area contributed by atoms with Gasteiger partial charge in [0.15, 0.2) is 4.96 Å². The van der Waals surface area contributed by atoms with E-state index in [1.54, 1.807) is 35.6 Å². The number of benzene rings is 1. The van der Waals surface area contributed by atoms with E-state index in [-0.39, 0.29) is 5.56 Å². The van der Waals surface area contributed by atoms with E-state index in [1.807, 2.05) is 22.2 Å². The average Bonchev–Trinajstić information content (AvgIpc) is 2.89. The van der Waals surface area contributed by atoms with Gasteiger partial charge in [0.2, 0.25) is 0 Å². The third-order valence-electron chi connectivity index (χ3n) is 2.52. The second-order valence-corrected chi connectivity index (χ2v) is 4.47. The number of aromatic carboxylic acids is 1. The van der Waals surface area contributed by atoms with Crippen molar-refractivity contribution in [2.24, 2.45) is 0 Å². The van der Waals surface area contributed by atoms with E-state index in [0.29, 0.717) is 0 Å². The molecule has 1 aromatic carbocycles. The normalized spacial score (nSPS) is 10.8. The lowest BCUT2D eigenvalue weighted by atomic mass is 10.1. The highest BCUT2D eigenvalue weighted by Crippen LogP contribution is 2.21. The minimum atomic E-state index is -0.914. The Morgan fingerprint density at radius 2 is 2.06 bits per heavy atom. The number of imidazole rings is 1. The highest BCUT2D eigenvalue weighted by Gasteiger charge is 2.06. The summed E-state index contributed by atoms with van der Waals surface area (Å²) in [5, 5.41) is 10.8. The molecule has 2 aromatic heterocycles. The molecule has 3 rings (SSSR count). The average molecular weight is 244 g/mol. The number of fused-ring (bicyclic) bond motifs is 1. The molecule has 0 aliphatic rings. The number of rotatable bonds is 2. The Hall–Kier alpha value is -2.14. The van der Waals surface area contributed by atoms with Crippen LogP contribution in [0.15, 0.2) is 42.0 Å². The Kier molecular flexibility index (Phi) is 2.19. The summed E-state index contributed by atoms with van der Waals surface area (Å²) in [7, 11) is 0. The maximum atomic E-state index is 10.7. The van der Waals surface area contributed by atoms with E-state index >= 15 is 0 Å². The van der Waals surface area contributed by atoms with Crippen molar-refractivity contribution in [3.05, 3.63) is 47.6 Å². The Bertz CT molecular complexity index is 653.